The van der Waals surface area contributed by atoms with Gasteiger partial charge in [0.25, 0.3) is 0 Å². The first-order chi connectivity index (χ1) is 19.3. The molecule has 2 heterocycles. The van der Waals surface area contributed by atoms with Gasteiger partial charge >= 0.3 is 5.97 Å². The van der Waals surface area contributed by atoms with Crippen molar-refractivity contribution in [1.82, 2.24) is 9.47 Å². The van der Waals surface area contributed by atoms with Gasteiger partial charge in [0.1, 0.15) is 12.4 Å². The molecule has 1 aliphatic heterocycles. The van der Waals surface area contributed by atoms with Crippen LogP contribution in [0.4, 0.5) is 0 Å². The highest BCUT2D eigenvalue weighted by Gasteiger charge is 2.32. The maximum absolute atomic E-state index is 11.6. The van der Waals surface area contributed by atoms with Crippen molar-refractivity contribution in [2.45, 2.75) is 51.7 Å². The second-order valence-corrected chi connectivity index (χ2v) is 10.8. The van der Waals surface area contributed by atoms with Crippen LogP contribution in [-0.4, -0.2) is 57.6 Å². The van der Waals surface area contributed by atoms with Gasteiger partial charge in [0, 0.05) is 37.7 Å². The lowest BCUT2D eigenvalue weighted by Crippen LogP contribution is -2.31. The highest BCUT2D eigenvalue weighted by Crippen LogP contribution is 2.37. The fourth-order valence-electron chi connectivity index (χ4n) is 5.92. The second kappa shape index (κ2) is 12.1. The maximum Gasteiger partial charge on any atom is 0.306 e. The van der Waals surface area contributed by atoms with Gasteiger partial charge in [-0.2, -0.15) is 0 Å². The monoisotopic (exact) mass is 550 g/mol. The molecule has 0 spiro atoms. The first-order valence-electron chi connectivity index (χ1n) is 13.9. The lowest BCUT2D eigenvalue weighted by molar-refractivity contribution is -0.141. The molecular formula is C31H38N2O7. The summed E-state index contributed by atoms with van der Waals surface area (Å²) in [6.45, 7) is 4.93. The minimum Gasteiger partial charge on any atom is -0.494 e. The normalized spacial score (nSPS) is 18.9. The summed E-state index contributed by atoms with van der Waals surface area (Å²) in [7, 11) is 1.60. The van der Waals surface area contributed by atoms with E-state index in [2.05, 4.69) is 30.0 Å². The van der Waals surface area contributed by atoms with E-state index in [0.29, 0.717) is 30.4 Å². The molecule has 214 valence electrons. The van der Waals surface area contributed by atoms with Gasteiger partial charge in [0.2, 0.25) is 0 Å². The number of carbonyl (C=O) groups is 1. The Labute approximate surface area is 234 Å². The zero-order chi connectivity index (χ0) is 28.2. The highest BCUT2D eigenvalue weighted by molar-refractivity contribution is 5.70. The third kappa shape index (κ3) is 6.14. The zero-order valence-corrected chi connectivity index (χ0v) is 23.1. The molecule has 1 fully saturated rings. The van der Waals surface area contributed by atoms with Gasteiger partial charge in [0.05, 0.1) is 26.2 Å². The fraction of sp³-hybridized carbons (Fsp3) is 0.452. The number of benzene rings is 2. The van der Waals surface area contributed by atoms with E-state index in [1.54, 1.807) is 7.11 Å². The van der Waals surface area contributed by atoms with E-state index in [-0.39, 0.29) is 36.9 Å². The number of ether oxygens (including phenoxy) is 3. The third-order valence-corrected chi connectivity index (χ3v) is 8.25. The number of hydrogen-bond acceptors (Lipinski definition) is 7. The van der Waals surface area contributed by atoms with Crippen molar-refractivity contribution in [2.75, 3.05) is 26.9 Å². The molecule has 1 aromatic heterocycles. The van der Waals surface area contributed by atoms with Crippen LogP contribution in [0.15, 0.2) is 48.5 Å². The predicted octanol–water partition coefficient (Wildman–Crippen LogP) is 4.99. The number of aromatic hydroxyl groups is 2. The largest absolute Gasteiger partial charge is 0.494 e. The minimum absolute atomic E-state index is 0.0227. The molecule has 2 aromatic carbocycles. The van der Waals surface area contributed by atoms with Crippen LogP contribution in [0.2, 0.25) is 0 Å². The summed E-state index contributed by atoms with van der Waals surface area (Å²) in [5.41, 5.74) is 3.52. The Balaban J connectivity index is 1.31. The molecule has 2 aliphatic rings. The summed E-state index contributed by atoms with van der Waals surface area (Å²) in [6.07, 6.45) is 3.28. The molecule has 9 heteroatoms. The van der Waals surface area contributed by atoms with Crippen molar-refractivity contribution in [1.29, 1.82) is 0 Å². The summed E-state index contributed by atoms with van der Waals surface area (Å²) < 4.78 is 18.6. The molecule has 0 radical (unpaired) electrons. The molecule has 1 saturated carbocycles. The van der Waals surface area contributed by atoms with Gasteiger partial charge < -0.3 is 29.5 Å². The van der Waals surface area contributed by atoms with Gasteiger partial charge in [-0.25, -0.2) is 0 Å². The summed E-state index contributed by atoms with van der Waals surface area (Å²) in [6, 6.07) is 15.3. The molecule has 0 amide bonds. The van der Waals surface area contributed by atoms with Crippen molar-refractivity contribution in [3.05, 3.63) is 65.2 Å². The van der Waals surface area contributed by atoms with E-state index in [0.717, 1.165) is 43.7 Å². The highest BCUT2D eigenvalue weighted by atomic mass is 16.5. The molecule has 1 aliphatic carbocycles. The number of carboxylic acid groups (broad SMARTS) is 1. The van der Waals surface area contributed by atoms with Gasteiger partial charge in [-0.1, -0.05) is 18.2 Å². The van der Waals surface area contributed by atoms with E-state index in [4.69, 9.17) is 14.2 Å². The van der Waals surface area contributed by atoms with Crippen LogP contribution in [0.3, 0.4) is 0 Å². The number of carboxylic acids is 1. The number of methoxy groups -OCH3 is 1. The fourth-order valence-corrected chi connectivity index (χ4v) is 5.92. The van der Waals surface area contributed by atoms with Crippen LogP contribution >= 0.6 is 0 Å². The Hall–Kier alpha value is -3.85. The Morgan fingerprint density at radius 1 is 1.10 bits per heavy atom. The average Bonchev–Trinajstić information content (AvgIpc) is 3.69. The van der Waals surface area contributed by atoms with Gasteiger partial charge in [-0.05, 0) is 67.0 Å². The Kier molecular flexibility index (Phi) is 8.40. The topological polar surface area (TPSA) is 114 Å². The number of fused-ring (bicyclic) bond motifs is 1. The van der Waals surface area contributed by atoms with Crippen LogP contribution in [0.5, 0.6) is 29.0 Å². The Morgan fingerprint density at radius 2 is 1.90 bits per heavy atom. The molecule has 0 unspecified atom stereocenters. The average molecular weight is 551 g/mol. The second-order valence-electron chi connectivity index (χ2n) is 10.8. The van der Waals surface area contributed by atoms with Crippen LogP contribution in [0, 0.1) is 11.8 Å². The number of rotatable bonds is 12. The molecule has 3 N–H and O–H groups in total. The van der Waals surface area contributed by atoms with E-state index < -0.39 is 5.97 Å². The Morgan fingerprint density at radius 3 is 2.62 bits per heavy atom. The van der Waals surface area contributed by atoms with Crippen molar-refractivity contribution < 1.29 is 34.3 Å². The first-order valence-corrected chi connectivity index (χ1v) is 13.9. The van der Waals surface area contributed by atoms with E-state index >= 15 is 0 Å². The number of nitrogens with zero attached hydrogens (tertiary/aromatic N) is 2. The molecule has 3 atom stereocenters. The zero-order valence-electron chi connectivity index (χ0n) is 23.1. The first kappa shape index (κ1) is 27.7. The van der Waals surface area contributed by atoms with Crippen LogP contribution < -0.4 is 14.2 Å². The predicted molar refractivity (Wildman–Crippen MR) is 149 cm³/mol. The van der Waals surface area contributed by atoms with Crippen molar-refractivity contribution in [3.63, 3.8) is 0 Å². The summed E-state index contributed by atoms with van der Waals surface area (Å²) in [5.74, 6) is 1.48. The van der Waals surface area contributed by atoms with Gasteiger partial charge in [0.15, 0.2) is 23.3 Å². The lowest BCUT2D eigenvalue weighted by atomic mass is 9.99. The van der Waals surface area contributed by atoms with Gasteiger partial charge in [-0.3, -0.25) is 14.3 Å². The standard InChI is InChI=1S/C31H38N2O7/c1-20(23-6-8-26-24(17-23)11-13-39-26)32(18-21-3-5-25(15-21)31(36)37)19-22-4-7-27(28(16-22)38-2)40-14-12-33-29(34)9-10-30(33)35/h4,6-10,16-17,20-21,25,34-35H,3,5,11-15,18-19H2,1-2H3,(H,36,37)/t20-,21+,25+/m1/s1. The van der Waals surface area contributed by atoms with E-state index in [1.807, 2.05) is 18.2 Å². The molecular weight excluding hydrogens is 512 g/mol. The Bertz CT molecular complexity index is 1320. The van der Waals surface area contributed by atoms with Crippen molar-refractivity contribution in [3.8, 4) is 29.0 Å². The quantitative estimate of drug-likeness (QED) is 0.289. The SMILES string of the molecule is COc1cc(CN(C[C@H]2CC[C@H](C(=O)O)C2)[C@H](C)c2ccc3c(c2)CCO3)ccc1OCCn1c(O)ccc1O. The molecule has 0 bridgehead atoms. The molecule has 5 rings (SSSR count). The summed E-state index contributed by atoms with van der Waals surface area (Å²) in [4.78, 5) is 14.0. The smallest absolute Gasteiger partial charge is 0.306 e. The minimum atomic E-state index is -0.691. The van der Waals surface area contributed by atoms with E-state index in [1.165, 1.54) is 27.8 Å². The molecule has 40 heavy (non-hydrogen) atoms. The maximum atomic E-state index is 11.6. The van der Waals surface area contributed by atoms with Crippen LogP contribution in [-0.2, 0) is 24.3 Å². The number of aliphatic carboxylic acids is 1. The van der Waals surface area contributed by atoms with E-state index in [9.17, 15) is 20.1 Å². The molecule has 0 saturated heterocycles. The third-order valence-electron chi connectivity index (χ3n) is 8.25. The van der Waals surface area contributed by atoms with Crippen molar-refractivity contribution >= 4 is 5.97 Å². The van der Waals surface area contributed by atoms with Crippen LogP contribution in [0.25, 0.3) is 0 Å². The van der Waals surface area contributed by atoms with Crippen LogP contribution in [0.1, 0.15) is 48.9 Å². The van der Waals surface area contributed by atoms with Crippen molar-refractivity contribution in [2.24, 2.45) is 11.8 Å². The summed E-state index contributed by atoms with van der Waals surface area (Å²) >= 11 is 0. The molecule has 9 nitrogen and oxygen atoms in total. The number of hydrogen-bond donors (Lipinski definition) is 3. The molecule has 3 aromatic rings. The summed E-state index contributed by atoms with van der Waals surface area (Å²) in [5, 5.41) is 29.2. The number of aromatic nitrogens is 1. The van der Waals surface area contributed by atoms with Gasteiger partial charge in [-0.15, -0.1) is 0 Å². The lowest BCUT2D eigenvalue weighted by Gasteiger charge is -2.32.